The number of ether oxygens (including phenoxy) is 2. The highest BCUT2D eigenvalue weighted by atomic mass is 32.1. The number of para-hydroxylation sites is 1. The minimum absolute atomic E-state index is 0.00426. The summed E-state index contributed by atoms with van der Waals surface area (Å²) in [6.07, 6.45) is 3.28. The standard InChI is InChI=1S/C26H28N2O4S/c1-2-31-22-12-7-6-11-21(22)25-28-20(17-33-25)15-24(30)32-16-23(29)27-18-26(13-8-14-26)19-9-4-3-5-10-19/h3-7,9-12,17H,2,8,13-16,18H2,1H3,(H,27,29). The Morgan fingerprint density at radius 2 is 1.85 bits per heavy atom. The third kappa shape index (κ3) is 5.60. The molecule has 4 rings (SSSR count). The van der Waals surface area contributed by atoms with Crippen LogP contribution in [0.1, 0.15) is 37.4 Å². The predicted molar refractivity (Wildman–Crippen MR) is 128 cm³/mol. The van der Waals surface area contributed by atoms with Crippen molar-refractivity contribution in [2.75, 3.05) is 19.8 Å². The van der Waals surface area contributed by atoms with Crippen LogP contribution in [0.15, 0.2) is 60.0 Å². The van der Waals surface area contributed by atoms with E-state index in [9.17, 15) is 9.59 Å². The van der Waals surface area contributed by atoms with Gasteiger partial charge in [-0.15, -0.1) is 11.3 Å². The zero-order chi connectivity index (χ0) is 23.1. The van der Waals surface area contributed by atoms with Gasteiger partial charge in [-0.05, 0) is 37.5 Å². The Kier molecular flexibility index (Phi) is 7.40. The molecule has 1 heterocycles. The summed E-state index contributed by atoms with van der Waals surface area (Å²) in [7, 11) is 0. The Morgan fingerprint density at radius 3 is 2.58 bits per heavy atom. The molecule has 1 saturated carbocycles. The third-order valence-corrected chi connectivity index (χ3v) is 6.90. The second-order valence-electron chi connectivity index (χ2n) is 8.19. The lowest BCUT2D eigenvalue weighted by Crippen LogP contribution is -2.46. The lowest BCUT2D eigenvalue weighted by molar-refractivity contribution is -0.148. The molecule has 7 heteroatoms. The van der Waals surface area contributed by atoms with Gasteiger partial charge in [0.1, 0.15) is 10.8 Å². The fraction of sp³-hybridized carbons (Fsp3) is 0.346. The Morgan fingerprint density at radius 1 is 1.09 bits per heavy atom. The maximum absolute atomic E-state index is 12.3. The molecular formula is C26H28N2O4S. The summed E-state index contributed by atoms with van der Waals surface area (Å²) in [6, 6.07) is 18.0. The highest BCUT2D eigenvalue weighted by Gasteiger charge is 2.38. The first-order chi connectivity index (χ1) is 16.1. The van der Waals surface area contributed by atoms with E-state index in [-0.39, 0.29) is 24.3 Å². The number of aromatic nitrogens is 1. The molecule has 1 fully saturated rings. The molecule has 0 atom stereocenters. The van der Waals surface area contributed by atoms with E-state index in [1.54, 1.807) is 0 Å². The number of hydrogen-bond donors (Lipinski definition) is 1. The highest BCUT2D eigenvalue weighted by Crippen LogP contribution is 2.43. The molecule has 0 radical (unpaired) electrons. The van der Waals surface area contributed by atoms with Crippen LogP contribution in [0.5, 0.6) is 5.75 Å². The normalized spacial score (nSPS) is 14.2. The van der Waals surface area contributed by atoms with Gasteiger partial charge in [-0.3, -0.25) is 9.59 Å². The van der Waals surface area contributed by atoms with E-state index in [1.165, 1.54) is 16.9 Å². The molecule has 2 aromatic carbocycles. The maximum Gasteiger partial charge on any atom is 0.312 e. The van der Waals surface area contributed by atoms with Gasteiger partial charge in [0.2, 0.25) is 0 Å². The molecule has 0 aliphatic heterocycles. The number of nitrogens with zero attached hydrogens (tertiary/aromatic N) is 1. The van der Waals surface area contributed by atoms with Crippen molar-refractivity contribution >= 4 is 23.2 Å². The molecule has 0 saturated heterocycles. The van der Waals surface area contributed by atoms with Gasteiger partial charge in [0.25, 0.3) is 5.91 Å². The Labute approximate surface area is 198 Å². The van der Waals surface area contributed by atoms with Gasteiger partial charge in [-0.2, -0.15) is 0 Å². The molecule has 172 valence electrons. The van der Waals surface area contributed by atoms with Crippen LogP contribution in [0.25, 0.3) is 10.6 Å². The molecule has 33 heavy (non-hydrogen) atoms. The molecule has 0 unspecified atom stereocenters. The zero-order valence-electron chi connectivity index (χ0n) is 18.7. The van der Waals surface area contributed by atoms with Crippen LogP contribution in [0.4, 0.5) is 0 Å². The van der Waals surface area contributed by atoms with Crippen molar-refractivity contribution in [3.05, 3.63) is 71.2 Å². The molecular weight excluding hydrogens is 436 g/mol. The molecule has 1 amide bonds. The van der Waals surface area contributed by atoms with E-state index in [2.05, 4.69) is 22.4 Å². The monoisotopic (exact) mass is 464 g/mol. The summed E-state index contributed by atoms with van der Waals surface area (Å²) < 4.78 is 10.9. The molecule has 1 aliphatic rings. The van der Waals surface area contributed by atoms with E-state index < -0.39 is 5.97 Å². The van der Waals surface area contributed by atoms with Crippen molar-refractivity contribution in [1.82, 2.24) is 10.3 Å². The zero-order valence-corrected chi connectivity index (χ0v) is 19.5. The minimum Gasteiger partial charge on any atom is -0.493 e. The van der Waals surface area contributed by atoms with Gasteiger partial charge in [0.05, 0.1) is 24.3 Å². The molecule has 0 bridgehead atoms. The molecule has 1 aliphatic carbocycles. The van der Waals surface area contributed by atoms with E-state index in [1.807, 2.05) is 54.8 Å². The predicted octanol–water partition coefficient (Wildman–Crippen LogP) is 4.53. The maximum atomic E-state index is 12.3. The lowest BCUT2D eigenvalue weighted by Gasteiger charge is -2.42. The number of thiazole rings is 1. The van der Waals surface area contributed by atoms with Crippen LogP contribution in [0, 0.1) is 0 Å². The van der Waals surface area contributed by atoms with Crippen molar-refractivity contribution < 1.29 is 19.1 Å². The molecule has 0 spiro atoms. The van der Waals surface area contributed by atoms with Gasteiger partial charge in [-0.25, -0.2) is 4.98 Å². The lowest BCUT2D eigenvalue weighted by atomic mass is 9.64. The van der Waals surface area contributed by atoms with Gasteiger partial charge in [0.15, 0.2) is 6.61 Å². The van der Waals surface area contributed by atoms with Crippen LogP contribution in [0.3, 0.4) is 0 Å². The Hall–Kier alpha value is -3.19. The largest absolute Gasteiger partial charge is 0.493 e. The quantitative estimate of drug-likeness (QED) is 0.446. The van der Waals surface area contributed by atoms with Gasteiger partial charge in [-0.1, -0.05) is 48.9 Å². The van der Waals surface area contributed by atoms with Crippen LogP contribution in [-0.4, -0.2) is 36.6 Å². The number of esters is 1. The van der Waals surface area contributed by atoms with E-state index in [4.69, 9.17) is 9.47 Å². The number of carbonyl (C=O) groups is 2. The van der Waals surface area contributed by atoms with Gasteiger partial charge >= 0.3 is 5.97 Å². The second-order valence-corrected chi connectivity index (χ2v) is 9.05. The van der Waals surface area contributed by atoms with Crippen molar-refractivity contribution in [3.8, 4) is 16.3 Å². The van der Waals surface area contributed by atoms with Crippen LogP contribution in [0.2, 0.25) is 0 Å². The average Bonchev–Trinajstić information content (AvgIpc) is 3.26. The first-order valence-electron chi connectivity index (χ1n) is 11.2. The fourth-order valence-corrected chi connectivity index (χ4v) is 4.91. The van der Waals surface area contributed by atoms with Crippen molar-refractivity contribution in [1.29, 1.82) is 0 Å². The number of amides is 1. The Balaban J connectivity index is 1.26. The summed E-state index contributed by atoms with van der Waals surface area (Å²) in [5.41, 5.74) is 2.75. The topological polar surface area (TPSA) is 77.5 Å². The minimum atomic E-state index is -0.471. The third-order valence-electron chi connectivity index (χ3n) is 5.98. The van der Waals surface area contributed by atoms with Gasteiger partial charge in [0, 0.05) is 17.3 Å². The van der Waals surface area contributed by atoms with Crippen molar-refractivity contribution in [3.63, 3.8) is 0 Å². The summed E-state index contributed by atoms with van der Waals surface area (Å²) in [5.74, 6) is 0.0107. The van der Waals surface area contributed by atoms with Crippen LogP contribution in [-0.2, 0) is 26.2 Å². The first-order valence-corrected chi connectivity index (χ1v) is 12.1. The Bertz CT molecular complexity index is 1090. The number of hydrogen-bond acceptors (Lipinski definition) is 6. The summed E-state index contributed by atoms with van der Waals surface area (Å²) in [5, 5.41) is 5.56. The highest BCUT2D eigenvalue weighted by molar-refractivity contribution is 7.13. The summed E-state index contributed by atoms with van der Waals surface area (Å²) >= 11 is 1.45. The number of nitrogens with one attached hydrogen (secondary N) is 1. The second kappa shape index (κ2) is 10.6. The first kappa shape index (κ1) is 23.0. The van der Waals surface area contributed by atoms with Crippen LogP contribution < -0.4 is 10.1 Å². The number of carbonyl (C=O) groups excluding carboxylic acids is 2. The average molecular weight is 465 g/mol. The van der Waals surface area contributed by atoms with E-state index in [0.717, 1.165) is 35.6 Å². The number of rotatable bonds is 10. The van der Waals surface area contributed by atoms with Gasteiger partial charge < -0.3 is 14.8 Å². The van der Waals surface area contributed by atoms with Crippen molar-refractivity contribution in [2.24, 2.45) is 0 Å². The number of benzene rings is 2. The fourth-order valence-electron chi connectivity index (χ4n) is 4.06. The van der Waals surface area contributed by atoms with Crippen molar-refractivity contribution in [2.45, 2.75) is 38.0 Å². The molecule has 6 nitrogen and oxygen atoms in total. The smallest absolute Gasteiger partial charge is 0.312 e. The molecule has 1 N–H and O–H groups in total. The van der Waals surface area contributed by atoms with Crippen LogP contribution >= 0.6 is 11.3 Å². The molecule has 1 aromatic heterocycles. The SMILES string of the molecule is CCOc1ccccc1-c1nc(CC(=O)OCC(=O)NCC2(c3ccccc3)CCC2)cs1. The summed E-state index contributed by atoms with van der Waals surface area (Å²) in [6.45, 7) is 2.77. The summed E-state index contributed by atoms with van der Waals surface area (Å²) in [4.78, 5) is 29.1. The van der Waals surface area contributed by atoms with E-state index >= 15 is 0 Å². The molecule has 3 aromatic rings. The van der Waals surface area contributed by atoms with E-state index in [0.29, 0.717) is 18.8 Å².